The number of benzene rings is 1. The van der Waals surface area contributed by atoms with Crippen LogP contribution in [0.25, 0.3) is 0 Å². The average molecular weight is 373 g/mol. The molecule has 1 saturated carbocycles. The maximum atomic E-state index is 11.9. The molecule has 1 aromatic carbocycles. The van der Waals surface area contributed by atoms with Gasteiger partial charge in [0, 0.05) is 12.0 Å². The minimum atomic E-state index is -0.426. The average Bonchev–Trinajstić information content (AvgIpc) is 3.15. The summed E-state index contributed by atoms with van der Waals surface area (Å²) in [5.41, 5.74) is 0.596. The molecule has 148 valence electrons. The summed E-state index contributed by atoms with van der Waals surface area (Å²) in [7, 11) is 0. The van der Waals surface area contributed by atoms with Gasteiger partial charge in [0.1, 0.15) is 6.10 Å². The molecule has 2 aliphatic heterocycles. The number of cyclic esters (lactones) is 1. The lowest BCUT2D eigenvalue weighted by Gasteiger charge is -2.29. The maximum absolute atomic E-state index is 11.9. The van der Waals surface area contributed by atoms with E-state index in [4.69, 9.17) is 14.2 Å². The Labute approximate surface area is 161 Å². The van der Waals surface area contributed by atoms with Gasteiger partial charge < -0.3 is 19.5 Å². The van der Waals surface area contributed by atoms with Crippen LogP contribution < -0.4 is 5.32 Å². The van der Waals surface area contributed by atoms with Gasteiger partial charge in [-0.15, -0.1) is 0 Å². The van der Waals surface area contributed by atoms with Crippen molar-refractivity contribution in [1.29, 1.82) is 0 Å². The molecule has 5 nitrogen and oxygen atoms in total. The largest absolute Gasteiger partial charge is 0.444 e. The van der Waals surface area contributed by atoms with E-state index in [1.807, 2.05) is 30.3 Å². The highest BCUT2D eigenvalue weighted by atomic mass is 16.7. The van der Waals surface area contributed by atoms with Crippen LogP contribution in [0.4, 0.5) is 4.79 Å². The molecule has 3 fully saturated rings. The summed E-state index contributed by atoms with van der Waals surface area (Å²) in [4.78, 5) is 11.9. The maximum Gasteiger partial charge on any atom is 0.407 e. The van der Waals surface area contributed by atoms with Crippen molar-refractivity contribution in [3.63, 3.8) is 0 Å². The van der Waals surface area contributed by atoms with Crippen LogP contribution in [0.1, 0.15) is 70.6 Å². The summed E-state index contributed by atoms with van der Waals surface area (Å²) in [5.74, 6) is 0.694. The number of alkyl carbamates (subject to hydrolysis) is 1. The van der Waals surface area contributed by atoms with E-state index in [0.29, 0.717) is 12.3 Å². The van der Waals surface area contributed by atoms with Crippen LogP contribution in [-0.4, -0.2) is 29.9 Å². The summed E-state index contributed by atoms with van der Waals surface area (Å²) in [6.07, 6.45) is 7.23. The molecule has 1 N–H and O–H groups in total. The van der Waals surface area contributed by atoms with Gasteiger partial charge in [-0.3, -0.25) is 0 Å². The van der Waals surface area contributed by atoms with Gasteiger partial charge in [-0.25, -0.2) is 4.79 Å². The van der Waals surface area contributed by atoms with Crippen molar-refractivity contribution in [2.75, 3.05) is 0 Å². The van der Waals surface area contributed by atoms with Crippen molar-refractivity contribution < 1.29 is 19.0 Å². The first-order valence-corrected chi connectivity index (χ1v) is 10.4. The zero-order chi connectivity index (χ0) is 18.9. The van der Waals surface area contributed by atoms with Crippen LogP contribution in [0.15, 0.2) is 30.3 Å². The van der Waals surface area contributed by atoms with Crippen LogP contribution >= 0.6 is 0 Å². The van der Waals surface area contributed by atoms with Crippen molar-refractivity contribution >= 4 is 6.09 Å². The number of nitrogens with one attached hydrogen (secondary N) is 1. The molecule has 2 saturated heterocycles. The fraction of sp³-hybridized carbons (Fsp3) is 0.682. The Balaban J connectivity index is 1.41. The van der Waals surface area contributed by atoms with Gasteiger partial charge in [0.15, 0.2) is 6.29 Å². The monoisotopic (exact) mass is 373 g/mol. The molecule has 1 unspecified atom stereocenters. The molecule has 5 heteroatoms. The third-order valence-electron chi connectivity index (χ3n) is 6.31. The third kappa shape index (κ3) is 4.30. The number of carbonyl (C=O) groups excluding carboxylic acids is 1. The predicted molar refractivity (Wildman–Crippen MR) is 102 cm³/mol. The van der Waals surface area contributed by atoms with E-state index in [1.165, 1.54) is 32.1 Å². The van der Waals surface area contributed by atoms with E-state index in [9.17, 15) is 4.79 Å². The molecule has 1 amide bonds. The molecule has 4 rings (SSSR count). The highest BCUT2D eigenvalue weighted by Gasteiger charge is 2.47. The minimum Gasteiger partial charge on any atom is -0.444 e. The van der Waals surface area contributed by atoms with Crippen LogP contribution in [-0.2, 0) is 14.2 Å². The molecule has 0 aromatic heterocycles. The summed E-state index contributed by atoms with van der Waals surface area (Å²) in [6.45, 7) is 4.11. The second-order valence-electron chi connectivity index (χ2n) is 8.76. The number of carbonyl (C=O) groups is 1. The van der Waals surface area contributed by atoms with Crippen molar-refractivity contribution in [3.05, 3.63) is 35.9 Å². The van der Waals surface area contributed by atoms with Gasteiger partial charge in [0.25, 0.3) is 0 Å². The number of ether oxygens (including phenoxy) is 3. The topological polar surface area (TPSA) is 56.8 Å². The quantitative estimate of drug-likeness (QED) is 0.812. The molecular weight excluding hydrogens is 342 g/mol. The van der Waals surface area contributed by atoms with E-state index < -0.39 is 5.60 Å². The number of hydrogen-bond donors (Lipinski definition) is 1. The van der Waals surface area contributed by atoms with Crippen LogP contribution in [0.2, 0.25) is 0 Å². The second-order valence-corrected chi connectivity index (χ2v) is 8.76. The standard InChI is InChI=1S/C22H31NO4/c1-22(2)19(26-20(27-22)16-11-7-4-8-12-16)14-18-17(23-21(24)25-18)13-15-9-5-3-6-10-15/h4,7-8,11-12,15,17-20H,3,5-6,9-10,13-14H2,1-2H3,(H,23,24)/t17-,18-,19-,20?/m0/s1. The van der Waals surface area contributed by atoms with Crippen molar-refractivity contribution in [2.24, 2.45) is 5.92 Å². The molecule has 27 heavy (non-hydrogen) atoms. The number of hydrogen-bond acceptors (Lipinski definition) is 4. The Hall–Kier alpha value is -1.59. The third-order valence-corrected chi connectivity index (χ3v) is 6.31. The fourth-order valence-corrected chi connectivity index (χ4v) is 4.70. The second kappa shape index (κ2) is 7.80. The smallest absolute Gasteiger partial charge is 0.407 e. The van der Waals surface area contributed by atoms with Gasteiger partial charge in [0.05, 0.1) is 17.7 Å². The molecule has 1 aliphatic carbocycles. The van der Waals surface area contributed by atoms with Crippen molar-refractivity contribution in [2.45, 2.75) is 88.9 Å². The zero-order valence-electron chi connectivity index (χ0n) is 16.4. The first-order valence-electron chi connectivity index (χ1n) is 10.4. The summed E-state index contributed by atoms with van der Waals surface area (Å²) >= 11 is 0. The van der Waals surface area contributed by atoms with E-state index in [0.717, 1.165) is 12.0 Å². The Morgan fingerprint density at radius 2 is 1.81 bits per heavy atom. The van der Waals surface area contributed by atoms with Crippen LogP contribution in [0.5, 0.6) is 0 Å². The Kier molecular flexibility index (Phi) is 5.42. The first-order chi connectivity index (χ1) is 13.0. The lowest BCUT2D eigenvalue weighted by molar-refractivity contribution is -0.0848. The molecule has 0 radical (unpaired) electrons. The van der Waals surface area contributed by atoms with E-state index >= 15 is 0 Å². The van der Waals surface area contributed by atoms with E-state index in [-0.39, 0.29) is 30.6 Å². The van der Waals surface area contributed by atoms with Crippen molar-refractivity contribution in [1.82, 2.24) is 5.32 Å². The molecular formula is C22H31NO4. The first kappa shape index (κ1) is 18.8. The van der Waals surface area contributed by atoms with Gasteiger partial charge >= 0.3 is 6.09 Å². The highest BCUT2D eigenvalue weighted by Crippen LogP contribution is 2.41. The summed E-state index contributed by atoms with van der Waals surface area (Å²) in [5, 5.41) is 3.04. The molecule has 0 bridgehead atoms. The number of amides is 1. The van der Waals surface area contributed by atoms with Gasteiger partial charge in [-0.1, -0.05) is 62.4 Å². The zero-order valence-corrected chi connectivity index (χ0v) is 16.4. The Morgan fingerprint density at radius 1 is 1.07 bits per heavy atom. The van der Waals surface area contributed by atoms with Crippen molar-refractivity contribution in [3.8, 4) is 0 Å². The molecule has 1 aromatic rings. The van der Waals surface area contributed by atoms with E-state index in [1.54, 1.807) is 0 Å². The number of rotatable bonds is 5. The minimum absolute atomic E-state index is 0.0794. The van der Waals surface area contributed by atoms with Crippen LogP contribution in [0, 0.1) is 5.92 Å². The predicted octanol–water partition coefficient (Wildman–Crippen LogP) is 4.72. The molecule has 4 atom stereocenters. The van der Waals surface area contributed by atoms with Gasteiger partial charge in [0.2, 0.25) is 0 Å². The SMILES string of the molecule is CC1(C)OC(c2ccccc2)O[C@H]1C[C@@H]1OC(=O)N[C@H]1CC1CCCCC1. The normalized spacial score (nSPS) is 33.6. The summed E-state index contributed by atoms with van der Waals surface area (Å²) in [6, 6.07) is 10.1. The van der Waals surface area contributed by atoms with Gasteiger partial charge in [-0.05, 0) is 26.2 Å². The molecule has 0 spiro atoms. The molecule has 3 aliphatic rings. The lowest BCUT2D eigenvalue weighted by Crippen LogP contribution is -2.40. The summed E-state index contributed by atoms with van der Waals surface area (Å²) < 4.78 is 18.1. The lowest BCUT2D eigenvalue weighted by atomic mass is 9.82. The van der Waals surface area contributed by atoms with E-state index in [2.05, 4.69) is 19.2 Å². The highest BCUT2D eigenvalue weighted by molar-refractivity contribution is 5.70. The fourth-order valence-electron chi connectivity index (χ4n) is 4.70. The van der Waals surface area contributed by atoms with Crippen LogP contribution in [0.3, 0.4) is 0 Å². The molecule has 2 heterocycles. The Bertz CT molecular complexity index is 641. The van der Waals surface area contributed by atoms with Gasteiger partial charge in [-0.2, -0.15) is 0 Å². The Morgan fingerprint density at radius 3 is 2.56 bits per heavy atom.